The minimum atomic E-state index is -4.40. The smallest absolute Gasteiger partial charge is 0.416 e. The maximum absolute atomic E-state index is 13.2. The molecule has 3 rings (SSSR count). The van der Waals surface area contributed by atoms with Crippen LogP contribution in [0.3, 0.4) is 0 Å². The number of nitrogens with zero attached hydrogens (tertiary/aromatic N) is 2. The van der Waals surface area contributed by atoms with Crippen molar-refractivity contribution in [1.29, 1.82) is 0 Å². The Hall–Kier alpha value is -2.91. The van der Waals surface area contributed by atoms with Gasteiger partial charge in [0.15, 0.2) is 0 Å². The van der Waals surface area contributed by atoms with Gasteiger partial charge >= 0.3 is 6.18 Å². The number of alkyl halides is 3. The van der Waals surface area contributed by atoms with Crippen molar-refractivity contribution in [2.45, 2.75) is 45.6 Å². The SMILES string of the molecule is CCCCNC(=O)c1csc(CN(Cc2ccc(OC)cc2)Cc2cccc(C(F)(F)F)c2)n1. The van der Waals surface area contributed by atoms with Crippen molar-refractivity contribution in [2.24, 2.45) is 0 Å². The predicted octanol–water partition coefficient (Wildman–Crippen LogP) is 5.90. The summed E-state index contributed by atoms with van der Waals surface area (Å²) in [4.78, 5) is 18.8. The van der Waals surface area contributed by atoms with Crippen molar-refractivity contribution in [1.82, 2.24) is 15.2 Å². The fraction of sp³-hybridized carbons (Fsp3) is 0.360. The quantitative estimate of drug-likeness (QED) is 0.339. The fourth-order valence-electron chi connectivity index (χ4n) is 3.41. The minimum Gasteiger partial charge on any atom is -0.497 e. The second kappa shape index (κ2) is 12.0. The first-order chi connectivity index (χ1) is 16.3. The minimum absolute atomic E-state index is 0.212. The lowest BCUT2D eigenvalue weighted by Gasteiger charge is -2.22. The average molecular weight is 492 g/mol. The number of carbonyl (C=O) groups is 1. The van der Waals surface area contributed by atoms with E-state index in [1.165, 1.54) is 23.5 Å². The van der Waals surface area contributed by atoms with Gasteiger partial charge in [-0.2, -0.15) is 13.2 Å². The number of carbonyl (C=O) groups excluding carboxylic acids is 1. The van der Waals surface area contributed by atoms with E-state index < -0.39 is 11.7 Å². The van der Waals surface area contributed by atoms with E-state index in [1.807, 2.05) is 29.2 Å². The summed E-state index contributed by atoms with van der Waals surface area (Å²) in [6.07, 6.45) is -2.51. The second-order valence-electron chi connectivity index (χ2n) is 7.93. The van der Waals surface area contributed by atoms with E-state index in [0.29, 0.717) is 37.4 Å². The highest BCUT2D eigenvalue weighted by Gasteiger charge is 2.30. The number of hydrogen-bond donors (Lipinski definition) is 1. The Bertz CT molecular complexity index is 1070. The lowest BCUT2D eigenvalue weighted by molar-refractivity contribution is -0.137. The number of nitrogens with one attached hydrogen (secondary N) is 1. The molecule has 0 radical (unpaired) electrons. The summed E-state index contributed by atoms with van der Waals surface area (Å²) in [7, 11) is 1.59. The number of benzene rings is 2. The van der Waals surface area contributed by atoms with E-state index >= 15 is 0 Å². The van der Waals surface area contributed by atoms with Crippen LogP contribution in [0.15, 0.2) is 53.9 Å². The molecule has 3 aromatic rings. The van der Waals surface area contributed by atoms with E-state index in [-0.39, 0.29) is 5.91 Å². The zero-order valence-corrected chi connectivity index (χ0v) is 20.0. The lowest BCUT2D eigenvalue weighted by Crippen LogP contribution is -2.25. The highest BCUT2D eigenvalue weighted by molar-refractivity contribution is 7.09. The summed E-state index contributed by atoms with van der Waals surface area (Å²) in [6.45, 7) is 3.84. The van der Waals surface area contributed by atoms with Crippen LogP contribution in [0.2, 0.25) is 0 Å². The van der Waals surface area contributed by atoms with Gasteiger partial charge < -0.3 is 10.1 Å². The molecule has 1 heterocycles. The first-order valence-electron chi connectivity index (χ1n) is 11.0. The van der Waals surface area contributed by atoms with Gasteiger partial charge in [-0.05, 0) is 35.7 Å². The largest absolute Gasteiger partial charge is 0.497 e. The van der Waals surface area contributed by atoms with E-state index in [1.54, 1.807) is 18.6 Å². The molecule has 5 nitrogen and oxygen atoms in total. The van der Waals surface area contributed by atoms with Crippen LogP contribution in [0.25, 0.3) is 0 Å². The zero-order chi connectivity index (χ0) is 24.6. The Kier molecular flexibility index (Phi) is 9.06. The third-order valence-corrected chi connectivity index (χ3v) is 6.02. The summed E-state index contributed by atoms with van der Waals surface area (Å²) in [5, 5.41) is 5.29. The Morgan fingerprint density at radius 3 is 2.50 bits per heavy atom. The van der Waals surface area contributed by atoms with Crippen molar-refractivity contribution < 1.29 is 22.7 Å². The van der Waals surface area contributed by atoms with Crippen LogP contribution in [0.4, 0.5) is 13.2 Å². The number of ether oxygens (including phenoxy) is 1. The monoisotopic (exact) mass is 491 g/mol. The highest BCUT2D eigenvalue weighted by atomic mass is 32.1. The molecule has 0 unspecified atom stereocenters. The van der Waals surface area contributed by atoms with Gasteiger partial charge in [-0.25, -0.2) is 4.98 Å². The second-order valence-corrected chi connectivity index (χ2v) is 8.87. The van der Waals surface area contributed by atoms with E-state index in [4.69, 9.17) is 4.74 Å². The van der Waals surface area contributed by atoms with Gasteiger partial charge in [-0.3, -0.25) is 9.69 Å². The van der Waals surface area contributed by atoms with E-state index in [0.717, 1.165) is 35.2 Å². The molecular formula is C25H28F3N3O2S. The number of rotatable bonds is 11. The molecule has 9 heteroatoms. The average Bonchev–Trinajstić information content (AvgIpc) is 3.28. The molecule has 182 valence electrons. The van der Waals surface area contributed by atoms with Gasteiger partial charge in [0.2, 0.25) is 0 Å². The molecule has 0 saturated heterocycles. The molecule has 0 aliphatic carbocycles. The van der Waals surface area contributed by atoms with Crippen molar-refractivity contribution in [3.8, 4) is 5.75 Å². The van der Waals surface area contributed by atoms with Crippen LogP contribution in [-0.4, -0.2) is 29.4 Å². The molecule has 0 aliphatic heterocycles. The van der Waals surface area contributed by atoms with E-state index in [2.05, 4.69) is 17.2 Å². The summed E-state index contributed by atoms with van der Waals surface area (Å²) in [6, 6.07) is 12.9. The molecular weight excluding hydrogens is 463 g/mol. The first kappa shape index (κ1) is 25.7. The topological polar surface area (TPSA) is 54.5 Å². The van der Waals surface area contributed by atoms with Gasteiger partial charge in [0.1, 0.15) is 16.5 Å². The highest BCUT2D eigenvalue weighted by Crippen LogP contribution is 2.30. The molecule has 34 heavy (non-hydrogen) atoms. The van der Waals surface area contributed by atoms with Crippen molar-refractivity contribution in [2.75, 3.05) is 13.7 Å². The van der Waals surface area contributed by atoms with Gasteiger partial charge in [0.25, 0.3) is 5.91 Å². The Morgan fingerprint density at radius 1 is 1.09 bits per heavy atom. The van der Waals surface area contributed by atoms with Crippen molar-refractivity contribution in [3.63, 3.8) is 0 Å². The third kappa shape index (κ3) is 7.56. The number of aromatic nitrogens is 1. The molecule has 0 spiro atoms. The third-order valence-electron chi connectivity index (χ3n) is 5.18. The number of thiazole rings is 1. The number of methoxy groups -OCH3 is 1. The lowest BCUT2D eigenvalue weighted by atomic mass is 10.1. The van der Waals surface area contributed by atoms with E-state index in [9.17, 15) is 18.0 Å². The zero-order valence-electron chi connectivity index (χ0n) is 19.2. The fourth-order valence-corrected chi connectivity index (χ4v) is 4.22. The summed E-state index contributed by atoms with van der Waals surface area (Å²) < 4.78 is 44.8. The summed E-state index contributed by atoms with van der Waals surface area (Å²) in [5.74, 6) is 0.516. The number of hydrogen-bond acceptors (Lipinski definition) is 5. The molecule has 0 atom stereocenters. The predicted molar refractivity (Wildman–Crippen MR) is 127 cm³/mol. The van der Waals surface area contributed by atoms with Crippen LogP contribution in [-0.2, 0) is 25.8 Å². The van der Waals surface area contributed by atoms with Crippen LogP contribution in [0.5, 0.6) is 5.75 Å². The first-order valence-corrected chi connectivity index (χ1v) is 11.9. The Balaban J connectivity index is 1.77. The summed E-state index contributed by atoms with van der Waals surface area (Å²) in [5.41, 5.74) is 1.23. The molecule has 0 aliphatic rings. The van der Waals surface area contributed by atoms with Gasteiger partial charge in [0, 0.05) is 25.0 Å². The standard InChI is InChI=1S/C25H28F3N3O2S/c1-3-4-12-29-24(32)22-17-34-23(30-22)16-31(14-18-8-10-21(33-2)11-9-18)15-19-6-5-7-20(13-19)25(26,27)28/h5-11,13,17H,3-4,12,14-16H2,1-2H3,(H,29,32). The number of halogens is 3. The molecule has 0 saturated carbocycles. The molecule has 1 amide bonds. The maximum Gasteiger partial charge on any atom is 0.416 e. The van der Waals surface area contributed by atoms with Crippen molar-refractivity contribution >= 4 is 17.2 Å². The Labute approximate surface area is 201 Å². The number of unbranched alkanes of at least 4 members (excludes halogenated alkanes) is 1. The molecule has 0 fully saturated rings. The van der Waals surface area contributed by atoms with Gasteiger partial charge in [-0.1, -0.05) is 43.7 Å². The molecule has 1 aromatic heterocycles. The Morgan fingerprint density at radius 2 is 1.82 bits per heavy atom. The molecule has 0 bridgehead atoms. The van der Waals surface area contributed by atoms with Gasteiger partial charge in [0.05, 0.1) is 19.2 Å². The van der Waals surface area contributed by atoms with Crippen LogP contribution >= 0.6 is 11.3 Å². The maximum atomic E-state index is 13.2. The number of amides is 1. The van der Waals surface area contributed by atoms with Crippen LogP contribution in [0.1, 0.15) is 52.0 Å². The molecule has 2 aromatic carbocycles. The molecule has 1 N–H and O–H groups in total. The van der Waals surface area contributed by atoms with Crippen LogP contribution in [0, 0.1) is 0 Å². The van der Waals surface area contributed by atoms with Gasteiger partial charge in [-0.15, -0.1) is 11.3 Å². The summed E-state index contributed by atoms with van der Waals surface area (Å²) >= 11 is 1.37. The normalized spacial score (nSPS) is 11.6. The van der Waals surface area contributed by atoms with Crippen molar-refractivity contribution in [3.05, 3.63) is 81.3 Å². The van der Waals surface area contributed by atoms with Crippen LogP contribution < -0.4 is 10.1 Å².